The van der Waals surface area contributed by atoms with E-state index in [4.69, 9.17) is 4.74 Å². The minimum absolute atomic E-state index is 0.237. The van der Waals surface area contributed by atoms with Crippen molar-refractivity contribution in [3.8, 4) is 5.75 Å². The van der Waals surface area contributed by atoms with E-state index >= 15 is 0 Å². The van der Waals surface area contributed by atoms with Gasteiger partial charge in [-0.25, -0.2) is 13.1 Å². The summed E-state index contributed by atoms with van der Waals surface area (Å²) < 4.78 is 32.1. The maximum absolute atomic E-state index is 12.1. The van der Waals surface area contributed by atoms with Crippen molar-refractivity contribution in [3.63, 3.8) is 0 Å². The van der Waals surface area contributed by atoms with Crippen LogP contribution in [0.15, 0.2) is 29.2 Å². The average Bonchev–Trinajstić information content (AvgIpc) is 2.40. The zero-order valence-electron chi connectivity index (χ0n) is 11.6. The highest BCUT2D eigenvalue weighted by molar-refractivity contribution is 7.89. The summed E-state index contributed by atoms with van der Waals surface area (Å²) >= 11 is 0. The lowest BCUT2D eigenvalue weighted by atomic mass is 9.83. The summed E-state index contributed by atoms with van der Waals surface area (Å²) in [6.07, 6.45) is 1.99. The molecule has 0 aromatic heterocycles. The minimum Gasteiger partial charge on any atom is -0.494 e. The van der Waals surface area contributed by atoms with Crippen LogP contribution in [0.5, 0.6) is 5.75 Å². The Labute approximate surface area is 120 Å². The molecule has 1 fully saturated rings. The fraction of sp³-hybridized carbons (Fsp3) is 0.571. The van der Waals surface area contributed by atoms with Gasteiger partial charge < -0.3 is 9.84 Å². The highest BCUT2D eigenvalue weighted by atomic mass is 32.2. The van der Waals surface area contributed by atoms with Crippen LogP contribution < -0.4 is 9.46 Å². The molecule has 5 nitrogen and oxygen atoms in total. The van der Waals surface area contributed by atoms with Crippen molar-refractivity contribution >= 4 is 10.0 Å². The van der Waals surface area contributed by atoms with E-state index in [9.17, 15) is 13.5 Å². The Morgan fingerprint density at radius 2 is 1.95 bits per heavy atom. The summed E-state index contributed by atoms with van der Waals surface area (Å²) in [5, 5.41) is 9.18. The van der Waals surface area contributed by atoms with Crippen LogP contribution in [0.4, 0.5) is 0 Å². The molecule has 0 saturated heterocycles. The van der Waals surface area contributed by atoms with Crippen LogP contribution in [0.2, 0.25) is 0 Å². The molecule has 1 aromatic rings. The van der Waals surface area contributed by atoms with E-state index in [1.54, 1.807) is 24.3 Å². The molecule has 6 heteroatoms. The van der Waals surface area contributed by atoms with E-state index in [-0.39, 0.29) is 16.9 Å². The molecule has 0 aliphatic heterocycles. The first-order valence-electron chi connectivity index (χ1n) is 6.92. The second kappa shape index (κ2) is 6.56. The van der Waals surface area contributed by atoms with Crippen molar-refractivity contribution < 1.29 is 18.3 Å². The number of hydrogen-bond donors (Lipinski definition) is 2. The summed E-state index contributed by atoms with van der Waals surface area (Å²) in [6.45, 7) is 3.02. The number of ether oxygens (including phenoxy) is 1. The Hall–Kier alpha value is -1.11. The van der Waals surface area contributed by atoms with Gasteiger partial charge in [-0.3, -0.25) is 0 Å². The van der Waals surface area contributed by atoms with Gasteiger partial charge in [0, 0.05) is 6.54 Å². The van der Waals surface area contributed by atoms with E-state index in [2.05, 4.69) is 4.72 Å². The Bertz CT molecular complexity index is 521. The number of sulfonamides is 1. The van der Waals surface area contributed by atoms with E-state index < -0.39 is 10.0 Å². The van der Waals surface area contributed by atoms with E-state index in [1.165, 1.54) is 0 Å². The van der Waals surface area contributed by atoms with Crippen molar-refractivity contribution in [2.45, 2.75) is 37.2 Å². The maximum atomic E-state index is 12.1. The molecule has 1 aliphatic carbocycles. The first kappa shape index (κ1) is 15.3. The second-order valence-electron chi connectivity index (χ2n) is 5.16. The van der Waals surface area contributed by atoms with Crippen molar-refractivity contribution in [3.05, 3.63) is 24.3 Å². The first-order chi connectivity index (χ1) is 9.51. The molecule has 1 aliphatic rings. The average molecular weight is 299 g/mol. The lowest BCUT2D eigenvalue weighted by Crippen LogP contribution is -2.38. The highest BCUT2D eigenvalue weighted by Gasteiger charge is 2.28. The Morgan fingerprint density at radius 1 is 1.30 bits per heavy atom. The molecule has 0 unspecified atom stereocenters. The molecule has 20 heavy (non-hydrogen) atoms. The number of aliphatic hydroxyl groups is 1. The highest BCUT2D eigenvalue weighted by Crippen LogP contribution is 2.26. The molecular formula is C14H21NO4S. The van der Waals surface area contributed by atoms with Gasteiger partial charge in [-0.05, 0) is 49.4 Å². The third kappa shape index (κ3) is 3.94. The number of nitrogens with one attached hydrogen (secondary N) is 1. The molecule has 2 rings (SSSR count). The summed E-state index contributed by atoms with van der Waals surface area (Å²) in [7, 11) is -3.47. The summed E-state index contributed by atoms with van der Waals surface area (Å²) in [5.74, 6) is 0.917. The molecule has 0 bridgehead atoms. The Morgan fingerprint density at radius 3 is 2.50 bits per heavy atom. The van der Waals surface area contributed by atoms with Crippen molar-refractivity contribution in [2.75, 3.05) is 13.2 Å². The standard InChI is InChI=1S/C14H21NO4S/c1-2-7-19-13-3-5-14(6-4-13)20(17,18)15-10-11-8-12(16)9-11/h3-6,11-12,15-16H,2,7-10H2,1H3. The fourth-order valence-corrected chi connectivity index (χ4v) is 3.23. The lowest BCUT2D eigenvalue weighted by Gasteiger charge is -2.31. The lowest BCUT2D eigenvalue weighted by molar-refractivity contribution is 0.0453. The van der Waals surface area contributed by atoms with E-state index in [1.807, 2.05) is 6.92 Å². The van der Waals surface area contributed by atoms with Gasteiger partial charge in [0.2, 0.25) is 10.0 Å². The number of benzene rings is 1. The molecule has 0 spiro atoms. The monoisotopic (exact) mass is 299 g/mol. The minimum atomic E-state index is -3.47. The van der Waals surface area contributed by atoms with Gasteiger partial charge in [0.15, 0.2) is 0 Å². The predicted octanol–water partition coefficient (Wildman–Crippen LogP) is 1.52. The predicted molar refractivity (Wildman–Crippen MR) is 76.1 cm³/mol. The molecule has 1 aromatic carbocycles. The van der Waals surface area contributed by atoms with Gasteiger partial charge in [0.25, 0.3) is 0 Å². The maximum Gasteiger partial charge on any atom is 0.240 e. The van der Waals surface area contributed by atoms with Crippen molar-refractivity contribution in [1.29, 1.82) is 0 Å². The largest absolute Gasteiger partial charge is 0.494 e. The fourth-order valence-electron chi connectivity index (χ4n) is 2.11. The van der Waals surface area contributed by atoms with Gasteiger partial charge in [-0.2, -0.15) is 0 Å². The summed E-state index contributed by atoms with van der Waals surface area (Å²) in [6, 6.07) is 6.42. The smallest absolute Gasteiger partial charge is 0.240 e. The van der Waals surface area contributed by atoms with E-state index in [0.717, 1.165) is 6.42 Å². The summed E-state index contributed by atoms with van der Waals surface area (Å²) in [4.78, 5) is 0.237. The molecule has 0 heterocycles. The molecule has 2 N–H and O–H groups in total. The van der Waals surface area contributed by atoms with Gasteiger partial charge >= 0.3 is 0 Å². The Kier molecular flexibility index (Phi) is 5.01. The zero-order chi connectivity index (χ0) is 14.6. The Balaban J connectivity index is 1.91. The molecule has 0 radical (unpaired) electrons. The number of aliphatic hydroxyl groups excluding tert-OH is 1. The first-order valence-corrected chi connectivity index (χ1v) is 8.40. The SMILES string of the molecule is CCCOc1ccc(S(=O)(=O)NCC2CC(O)C2)cc1. The van der Waals surface area contributed by atoms with Crippen LogP contribution in [0.25, 0.3) is 0 Å². The molecule has 1 saturated carbocycles. The third-order valence-corrected chi connectivity index (χ3v) is 4.82. The topological polar surface area (TPSA) is 75.6 Å². The van der Waals surface area contributed by atoms with Crippen molar-refractivity contribution in [1.82, 2.24) is 4.72 Å². The third-order valence-electron chi connectivity index (χ3n) is 3.38. The van der Waals surface area contributed by atoms with Crippen LogP contribution in [-0.4, -0.2) is 32.8 Å². The van der Waals surface area contributed by atoms with Gasteiger partial charge in [0.05, 0.1) is 17.6 Å². The van der Waals surface area contributed by atoms with E-state index in [0.29, 0.717) is 31.7 Å². The number of rotatable bonds is 7. The van der Waals surface area contributed by atoms with Crippen molar-refractivity contribution in [2.24, 2.45) is 5.92 Å². The van der Waals surface area contributed by atoms with Gasteiger partial charge in [-0.15, -0.1) is 0 Å². The van der Waals surface area contributed by atoms with Crippen LogP contribution in [0, 0.1) is 5.92 Å². The van der Waals surface area contributed by atoms with Crippen LogP contribution in [-0.2, 0) is 10.0 Å². The quantitative estimate of drug-likeness (QED) is 0.800. The molecule has 0 amide bonds. The van der Waals surface area contributed by atoms with Crippen LogP contribution in [0.3, 0.4) is 0 Å². The zero-order valence-corrected chi connectivity index (χ0v) is 12.4. The van der Waals surface area contributed by atoms with Crippen LogP contribution >= 0.6 is 0 Å². The number of hydrogen-bond acceptors (Lipinski definition) is 4. The molecule has 112 valence electrons. The van der Waals surface area contributed by atoms with Gasteiger partial charge in [0.1, 0.15) is 5.75 Å². The second-order valence-corrected chi connectivity index (χ2v) is 6.93. The van der Waals surface area contributed by atoms with Crippen LogP contribution in [0.1, 0.15) is 26.2 Å². The molecular weight excluding hydrogens is 278 g/mol. The van der Waals surface area contributed by atoms with Gasteiger partial charge in [-0.1, -0.05) is 6.92 Å². The normalized spacial score (nSPS) is 22.3. The summed E-state index contributed by atoms with van der Waals surface area (Å²) in [5.41, 5.74) is 0. The molecule has 0 atom stereocenters.